The van der Waals surface area contributed by atoms with E-state index in [1.807, 2.05) is 91.0 Å². The summed E-state index contributed by atoms with van der Waals surface area (Å²) in [6.45, 7) is 5.90. The highest BCUT2D eigenvalue weighted by Crippen LogP contribution is 2.11. The number of carbonyl (C=O) groups excluding carboxylic acids is 2. The van der Waals surface area contributed by atoms with Gasteiger partial charge in [0.15, 0.2) is 0 Å². The lowest BCUT2D eigenvalue weighted by Crippen LogP contribution is -2.53. The normalized spacial score (nSPS) is 14.2. The van der Waals surface area contributed by atoms with Crippen molar-refractivity contribution in [1.29, 1.82) is 0 Å². The standard InChI is InChI=1S/C33H44N4O5/c1-33(2,3)42-32(41)37-28(20-25-15-9-5-10-16-25)30(39)23-34-22-29(38)27(19-24-13-7-4-8-14-24)36-31(40)35-21-26-17-11-6-12-18-26/h4-18,27-30,34,38-39H,19-23H2,1-3H3,(H,37,41)(H2,35,36,40)/t27-,28-,29+,30+/m0/s1. The van der Waals surface area contributed by atoms with Crippen LogP contribution in [0.15, 0.2) is 91.0 Å². The predicted octanol–water partition coefficient (Wildman–Crippen LogP) is 3.54. The fourth-order valence-corrected chi connectivity index (χ4v) is 4.42. The summed E-state index contributed by atoms with van der Waals surface area (Å²) in [7, 11) is 0. The number of urea groups is 1. The summed E-state index contributed by atoms with van der Waals surface area (Å²) >= 11 is 0. The van der Waals surface area contributed by atoms with Gasteiger partial charge in [-0.15, -0.1) is 0 Å². The first kappa shape index (κ1) is 32.6. The Labute approximate surface area is 248 Å². The van der Waals surface area contributed by atoms with Crippen molar-refractivity contribution < 1.29 is 24.5 Å². The maximum Gasteiger partial charge on any atom is 0.407 e. The highest BCUT2D eigenvalue weighted by atomic mass is 16.6. The lowest BCUT2D eigenvalue weighted by atomic mass is 10.00. The first-order chi connectivity index (χ1) is 20.1. The second kappa shape index (κ2) is 16.5. The number of amides is 3. The van der Waals surface area contributed by atoms with Crippen molar-refractivity contribution >= 4 is 12.1 Å². The van der Waals surface area contributed by atoms with Gasteiger partial charge in [-0.05, 0) is 50.3 Å². The van der Waals surface area contributed by atoms with Crippen LogP contribution in [0.25, 0.3) is 0 Å². The molecule has 0 aliphatic carbocycles. The summed E-state index contributed by atoms with van der Waals surface area (Å²) in [5.41, 5.74) is 2.21. The summed E-state index contributed by atoms with van der Waals surface area (Å²) in [5.74, 6) is 0. The Morgan fingerprint density at radius 1 is 0.690 bits per heavy atom. The summed E-state index contributed by atoms with van der Waals surface area (Å²) in [5, 5.41) is 33.8. The number of carbonyl (C=O) groups is 2. The van der Waals surface area contributed by atoms with Crippen LogP contribution in [0, 0.1) is 0 Å². The van der Waals surface area contributed by atoms with Gasteiger partial charge in [-0.25, -0.2) is 9.59 Å². The molecular formula is C33H44N4O5. The molecule has 226 valence electrons. The molecule has 6 N–H and O–H groups in total. The van der Waals surface area contributed by atoms with Crippen LogP contribution in [-0.4, -0.2) is 65.3 Å². The quantitative estimate of drug-likeness (QED) is 0.174. The van der Waals surface area contributed by atoms with Crippen molar-refractivity contribution in [2.24, 2.45) is 0 Å². The number of nitrogens with one attached hydrogen (secondary N) is 4. The minimum atomic E-state index is -0.973. The molecule has 0 saturated heterocycles. The molecule has 0 radical (unpaired) electrons. The minimum absolute atomic E-state index is 0.0998. The molecule has 42 heavy (non-hydrogen) atoms. The van der Waals surface area contributed by atoms with E-state index in [2.05, 4.69) is 21.3 Å². The zero-order valence-electron chi connectivity index (χ0n) is 24.6. The van der Waals surface area contributed by atoms with Crippen molar-refractivity contribution in [2.75, 3.05) is 13.1 Å². The molecule has 3 aromatic rings. The van der Waals surface area contributed by atoms with Gasteiger partial charge in [-0.3, -0.25) is 0 Å². The van der Waals surface area contributed by atoms with Crippen molar-refractivity contribution in [3.63, 3.8) is 0 Å². The Kier molecular flexibility index (Phi) is 12.8. The Balaban J connectivity index is 1.59. The number of hydrogen-bond acceptors (Lipinski definition) is 6. The molecular weight excluding hydrogens is 532 g/mol. The van der Waals surface area contributed by atoms with Gasteiger partial charge in [0, 0.05) is 19.6 Å². The van der Waals surface area contributed by atoms with E-state index >= 15 is 0 Å². The van der Waals surface area contributed by atoms with Gasteiger partial charge < -0.3 is 36.2 Å². The van der Waals surface area contributed by atoms with Gasteiger partial charge in [0.2, 0.25) is 0 Å². The first-order valence-corrected chi connectivity index (χ1v) is 14.3. The molecule has 4 atom stereocenters. The second-order valence-electron chi connectivity index (χ2n) is 11.3. The smallest absolute Gasteiger partial charge is 0.407 e. The average molecular weight is 577 g/mol. The molecule has 0 bridgehead atoms. The monoisotopic (exact) mass is 576 g/mol. The molecule has 0 aromatic heterocycles. The summed E-state index contributed by atoms with van der Waals surface area (Å²) in [6.07, 6.45) is -1.73. The number of ether oxygens (including phenoxy) is 1. The van der Waals surface area contributed by atoms with Gasteiger partial charge in [-0.2, -0.15) is 0 Å². The lowest BCUT2D eigenvalue weighted by Gasteiger charge is -2.28. The summed E-state index contributed by atoms with van der Waals surface area (Å²) in [4.78, 5) is 25.2. The number of alkyl carbamates (subject to hydrolysis) is 1. The third-order valence-electron chi connectivity index (χ3n) is 6.55. The molecule has 3 rings (SSSR count). The first-order valence-electron chi connectivity index (χ1n) is 14.3. The van der Waals surface area contributed by atoms with E-state index in [0.29, 0.717) is 19.4 Å². The van der Waals surface area contributed by atoms with E-state index in [9.17, 15) is 19.8 Å². The number of hydrogen-bond donors (Lipinski definition) is 6. The molecule has 0 fully saturated rings. The molecule has 0 spiro atoms. The molecule has 0 heterocycles. The summed E-state index contributed by atoms with van der Waals surface area (Å²) in [6, 6.07) is 27.1. The van der Waals surface area contributed by atoms with Crippen LogP contribution >= 0.6 is 0 Å². The van der Waals surface area contributed by atoms with E-state index in [1.54, 1.807) is 20.8 Å². The molecule has 3 amide bonds. The van der Waals surface area contributed by atoms with E-state index in [0.717, 1.165) is 16.7 Å². The molecule has 0 saturated carbocycles. The van der Waals surface area contributed by atoms with Crippen LogP contribution in [0.1, 0.15) is 37.5 Å². The van der Waals surface area contributed by atoms with Crippen molar-refractivity contribution in [1.82, 2.24) is 21.3 Å². The van der Waals surface area contributed by atoms with Crippen LogP contribution < -0.4 is 21.3 Å². The van der Waals surface area contributed by atoms with Crippen LogP contribution in [0.2, 0.25) is 0 Å². The van der Waals surface area contributed by atoms with Crippen molar-refractivity contribution in [3.8, 4) is 0 Å². The zero-order chi connectivity index (χ0) is 30.4. The van der Waals surface area contributed by atoms with Gasteiger partial charge in [0.25, 0.3) is 0 Å². The summed E-state index contributed by atoms with van der Waals surface area (Å²) < 4.78 is 5.40. The van der Waals surface area contributed by atoms with E-state index < -0.39 is 36.0 Å². The lowest BCUT2D eigenvalue weighted by molar-refractivity contribution is 0.0416. The fourth-order valence-electron chi connectivity index (χ4n) is 4.42. The predicted molar refractivity (Wildman–Crippen MR) is 164 cm³/mol. The second-order valence-corrected chi connectivity index (χ2v) is 11.3. The Morgan fingerprint density at radius 2 is 1.12 bits per heavy atom. The highest BCUT2D eigenvalue weighted by Gasteiger charge is 2.26. The molecule has 9 nitrogen and oxygen atoms in total. The number of benzene rings is 3. The zero-order valence-corrected chi connectivity index (χ0v) is 24.6. The Hall–Kier alpha value is -3.92. The van der Waals surface area contributed by atoms with E-state index in [4.69, 9.17) is 4.74 Å². The SMILES string of the molecule is CC(C)(C)OC(=O)N[C@@H](Cc1ccccc1)[C@H](O)CNC[C@@H](O)[C@H](Cc1ccccc1)NC(=O)NCc1ccccc1. The molecule has 0 aliphatic rings. The van der Waals surface area contributed by atoms with Crippen LogP contribution in [0.5, 0.6) is 0 Å². The molecule has 9 heteroatoms. The highest BCUT2D eigenvalue weighted by molar-refractivity contribution is 5.74. The number of rotatable bonds is 14. The van der Waals surface area contributed by atoms with Crippen LogP contribution in [0.3, 0.4) is 0 Å². The van der Waals surface area contributed by atoms with Gasteiger partial charge >= 0.3 is 12.1 Å². The van der Waals surface area contributed by atoms with E-state index in [-0.39, 0.29) is 19.1 Å². The van der Waals surface area contributed by atoms with Crippen LogP contribution in [-0.2, 0) is 24.1 Å². The third-order valence-corrected chi connectivity index (χ3v) is 6.55. The molecule has 0 aliphatic heterocycles. The van der Waals surface area contributed by atoms with Gasteiger partial charge in [0.05, 0.1) is 24.3 Å². The topological polar surface area (TPSA) is 132 Å². The third kappa shape index (κ3) is 12.3. The van der Waals surface area contributed by atoms with Crippen LogP contribution in [0.4, 0.5) is 9.59 Å². The molecule has 0 unspecified atom stereocenters. The Morgan fingerprint density at radius 3 is 1.57 bits per heavy atom. The maximum absolute atomic E-state index is 12.7. The largest absolute Gasteiger partial charge is 0.444 e. The Bertz CT molecular complexity index is 1210. The van der Waals surface area contributed by atoms with Gasteiger partial charge in [0.1, 0.15) is 5.60 Å². The molecule has 3 aromatic carbocycles. The fraction of sp³-hybridized carbons (Fsp3) is 0.394. The number of aliphatic hydroxyl groups is 2. The average Bonchev–Trinajstić information content (AvgIpc) is 2.96. The van der Waals surface area contributed by atoms with Crippen molar-refractivity contribution in [2.45, 2.75) is 70.1 Å². The van der Waals surface area contributed by atoms with Gasteiger partial charge in [-0.1, -0.05) is 91.0 Å². The maximum atomic E-state index is 12.7. The van der Waals surface area contributed by atoms with E-state index in [1.165, 1.54) is 0 Å². The minimum Gasteiger partial charge on any atom is -0.444 e. The number of aliphatic hydroxyl groups excluding tert-OH is 2. The van der Waals surface area contributed by atoms with Crippen molar-refractivity contribution in [3.05, 3.63) is 108 Å².